The first-order valence-corrected chi connectivity index (χ1v) is 48.7. The number of sulfonamides is 4. The van der Waals surface area contributed by atoms with Crippen molar-refractivity contribution in [2.45, 2.75) is 80.7 Å². The quantitative estimate of drug-likeness (QED) is 0.0242. The van der Waals surface area contributed by atoms with Gasteiger partial charge in [0.15, 0.2) is 0 Å². The van der Waals surface area contributed by atoms with Crippen LogP contribution in [0.2, 0.25) is 0 Å². The van der Waals surface area contributed by atoms with Crippen LogP contribution in [0.3, 0.4) is 0 Å². The van der Waals surface area contributed by atoms with E-state index in [1.54, 1.807) is 0 Å². The Morgan fingerprint density at radius 2 is 0.449 bits per heavy atom. The predicted octanol–water partition coefficient (Wildman–Crippen LogP) is 1.84. The van der Waals surface area contributed by atoms with Crippen LogP contribution in [-0.2, 0) is 98.7 Å². The number of anilines is 16. The monoisotopic (exact) mass is 2020 g/mol. The van der Waals surface area contributed by atoms with Gasteiger partial charge in [0.25, 0.3) is 0 Å². The number of amides is 8. The van der Waals surface area contributed by atoms with Gasteiger partial charge in [-0.2, -0.15) is 47.1 Å². The summed E-state index contributed by atoms with van der Waals surface area (Å²) in [7, 11) is -29.3. The molecule has 0 fully saturated rings. The molecule has 0 spiro atoms. The van der Waals surface area contributed by atoms with Gasteiger partial charge in [-0.15, -0.1) is 0 Å². The molecule has 0 aliphatic heterocycles. The van der Waals surface area contributed by atoms with Gasteiger partial charge < -0.3 is 108 Å². The van der Waals surface area contributed by atoms with Crippen molar-refractivity contribution >= 4 is 212 Å². The van der Waals surface area contributed by atoms with E-state index in [2.05, 4.69) is 72.4 Å². The molecule has 0 aliphatic rings. The Labute approximate surface area is 785 Å². The molecule has 8 amide bonds. The van der Waals surface area contributed by atoms with E-state index in [1.807, 2.05) is 0 Å². The van der Waals surface area contributed by atoms with Gasteiger partial charge in [-0.1, -0.05) is 36.4 Å². The van der Waals surface area contributed by atoms with Gasteiger partial charge in [0.2, 0.25) is 123 Å². The zero-order chi connectivity index (χ0) is 101. The highest BCUT2D eigenvalue weighted by atomic mass is 32.2. The Bertz CT molecular complexity index is 6440. The van der Waals surface area contributed by atoms with Crippen molar-refractivity contribution in [3.05, 3.63) is 181 Å². The average Bonchev–Trinajstić information content (AvgIpc) is 0.781. The summed E-state index contributed by atoms with van der Waals surface area (Å²) >= 11 is 0. The Morgan fingerprint density at radius 3 is 0.638 bits per heavy atom. The van der Waals surface area contributed by atoms with E-state index >= 15 is 0 Å². The number of benzene rings is 8. The van der Waals surface area contributed by atoms with Crippen LogP contribution in [0.4, 0.5) is 92.6 Å². The van der Waals surface area contributed by atoms with Crippen LogP contribution in [0.15, 0.2) is 199 Å². The van der Waals surface area contributed by atoms with Crippen molar-refractivity contribution in [2.24, 2.45) is 45.9 Å². The average molecular weight is 2020 g/mol. The van der Waals surface area contributed by atoms with Gasteiger partial charge in [-0.05, 0) is 145 Å². The Hall–Kier alpha value is -15.7. The van der Waals surface area contributed by atoms with Crippen molar-refractivity contribution in [3.8, 4) is 11.1 Å². The molecule has 0 atom stereocenters. The molecule has 0 saturated heterocycles. The predicted molar refractivity (Wildman–Crippen MR) is 492 cm³/mol. The van der Waals surface area contributed by atoms with E-state index in [1.165, 1.54) is 97.1 Å². The number of carboxylic acid groups (broad SMARTS) is 2. The molecule has 0 saturated carbocycles. The number of carbonyl (C=O) groups is 10. The smallest absolute Gasteiger partial charge is 0.336 e. The summed E-state index contributed by atoms with van der Waals surface area (Å²) in [6.07, 6.45) is -3.60. The minimum atomic E-state index is -5.57. The third-order valence-electron chi connectivity index (χ3n) is 19.4. The van der Waals surface area contributed by atoms with Crippen molar-refractivity contribution < 1.29 is 118 Å². The number of nitrogens with one attached hydrogen (secondary N) is 8. The number of hydrogen-bond acceptors (Lipinski definition) is 38. The second-order valence-electron chi connectivity index (χ2n) is 29.5. The summed E-state index contributed by atoms with van der Waals surface area (Å²) in [5, 5.41) is 43.5. The SMILES string of the molecule is NC(=O)CCN(CCC(N)=O)S(=O)(=O)c1cccc(Nc2nc(Nc3cccc(S(=O)(=O)N(CCC(N)=O)CCC(N)=O)c3)nc(Nc3ccc(Nc4ccc(-c5ccc(Nc6ccc(Nc7nc(Nc8cccc(S(=O)(=O)N(CCC(N)=O)CCC(N)=O)c8)nc(Nc8cccc(S(=O)(=O)N(CCC(N)=O)CCC(N)=O)c8)n7)cc6S(=O)(=O)[O-])cc5C(=O)O)c(C(=O)O)c4)c(S(=O)(=O)[O-])c3)n2)c1. The summed E-state index contributed by atoms with van der Waals surface area (Å²) < 4.78 is 195. The second kappa shape index (κ2) is 44.7. The number of nitrogens with zero attached hydrogens (tertiary/aromatic N) is 10. The van der Waals surface area contributed by atoms with Crippen LogP contribution in [-0.4, -0.2) is 229 Å². The molecule has 52 nitrogen and oxygen atoms in total. The number of aromatic carboxylic acids is 2. The molecule has 10 rings (SSSR count). The molecule has 10 aromatic rings. The van der Waals surface area contributed by atoms with Crippen LogP contribution >= 0.6 is 0 Å². The fourth-order valence-corrected chi connectivity index (χ4v) is 20.2. The number of carbonyl (C=O) groups excluding carboxylic acids is 8. The first-order valence-electron chi connectivity index (χ1n) is 40.1. The summed E-state index contributed by atoms with van der Waals surface area (Å²) in [6.45, 7) is -3.65. The van der Waals surface area contributed by atoms with Gasteiger partial charge in [-0.25, -0.2) is 60.1 Å². The molecule has 0 aliphatic carbocycles. The fraction of sp³-hybridized carbons (Fsp3) is 0.200. The van der Waals surface area contributed by atoms with Crippen LogP contribution in [0.25, 0.3) is 11.1 Å². The highest BCUT2D eigenvalue weighted by molar-refractivity contribution is 7.90. The summed E-state index contributed by atoms with van der Waals surface area (Å²) in [4.78, 5) is 143. The highest BCUT2D eigenvalue weighted by Gasteiger charge is 2.32. The maximum Gasteiger partial charge on any atom is 0.336 e. The maximum atomic E-state index is 14.1. The van der Waals surface area contributed by atoms with E-state index in [4.69, 9.17) is 45.9 Å². The molecular weight excluding hydrogens is 1930 g/mol. The van der Waals surface area contributed by atoms with Crippen LogP contribution < -0.4 is 88.4 Å². The first kappa shape index (κ1) is 104. The van der Waals surface area contributed by atoms with Gasteiger partial charge in [-0.3, -0.25) is 38.4 Å². The van der Waals surface area contributed by atoms with Crippen LogP contribution in [0, 0.1) is 0 Å². The molecule has 26 N–H and O–H groups in total. The molecule has 58 heteroatoms. The zero-order valence-electron chi connectivity index (χ0n) is 71.7. The van der Waals surface area contributed by atoms with E-state index in [-0.39, 0.29) is 56.6 Å². The van der Waals surface area contributed by atoms with E-state index in [0.29, 0.717) is 0 Å². The summed E-state index contributed by atoms with van der Waals surface area (Å²) in [5.41, 5.74) is 38.6. The topological polar surface area (TPSA) is 857 Å². The lowest BCUT2D eigenvalue weighted by Gasteiger charge is -2.21. The molecule has 0 unspecified atom stereocenters. The largest absolute Gasteiger partial charge is 0.744 e. The van der Waals surface area contributed by atoms with Gasteiger partial charge in [0.05, 0.1) is 51.9 Å². The Morgan fingerprint density at radius 1 is 0.261 bits per heavy atom. The standard InChI is InChI=1S/C80H88N26O26S6/c81-65(107)21-29-103(30-22-66(82)108)133(119,120)53-9-1-5-45(37-53)91-75-97-76(92-46-6-2-10-54(38-46)134(121,122)104(31-23-67(83)109)32-24-68(84)110)100-79(99-75)95-51-15-19-61(63(43-51)137(127,128)129)89-49-13-17-57(59(41-49)73(115)116)58-18-14-50(42-60(58)74(117)118)90-62-20-16-52(44-64(62)138(130,131)132)96-80-101-77(93-47-7-3-11-55(39-47)135(123,124)105(33-25-69(85)111)34-26-70(86)112)98-78(102-80)94-48-8-4-12-56(40-48)136(125,126)106(35-27-71(87)113)36-28-72(88)114/h1-20,37-44,89-90H,21-36H2,(H2,81,107)(H2,82,108)(H2,83,109)(H2,84,110)(H2,85,111)(H2,86,112)(H2,87,113)(H2,88,114)(H,115,116)(H,117,118)(H,127,128,129)(H,130,131,132)(H3,91,92,95,97,99,100)(H3,93,94,96,98,101,102)/p-2. The number of carboxylic acids is 2. The summed E-state index contributed by atoms with van der Waals surface area (Å²) in [6, 6.07) is 32.3. The van der Waals surface area contributed by atoms with E-state index in [9.17, 15) is 118 Å². The van der Waals surface area contributed by atoms with Crippen LogP contribution in [0.5, 0.6) is 0 Å². The third kappa shape index (κ3) is 28.7. The lowest BCUT2D eigenvalue weighted by atomic mass is 9.94. The molecule has 138 heavy (non-hydrogen) atoms. The van der Waals surface area contributed by atoms with E-state index in [0.717, 1.165) is 90.0 Å². The lowest BCUT2D eigenvalue weighted by Crippen LogP contribution is -2.36. The molecule has 0 bridgehead atoms. The van der Waals surface area contributed by atoms with Crippen molar-refractivity contribution in [3.63, 3.8) is 0 Å². The van der Waals surface area contributed by atoms with Crippen molar-refractivity contribution in [1.29, 1.82) is 0 Å². The number of hydrogen-bond donors (Lipinski definition) is 18. The Balaban J connectivity index is 0.946. The molecule has 2 aromatic heterocycles. The van der Waals surface area contributed by atoms with Gasteiger partial charge in [0, 0.05) is 149 Å². The minimum Gasteiger partial charge on any atom is -0.744 e. The highest BCUT2D eigenvalue weighted by Crippen LogP contribution is 2.39. The summed E-state index contributed by atoms with van der Waals surface area (Å²) in [5.74, 6) is -13.0. The van der Waals surface area contributed by atoms with Crippen molar-refractivity contribution in [2.75, 3.05) is 94.9 Å². The van der Waals surface area contributed by atoms with Gasteiger partial charge in [0.1, 0.15) is 20.2 Å². The molecule has 8 aromatic carbocycles. The normalized spacial score (nSPS) is 11.9. The first-order chi connectivity index (χ1) is 64.8. The second-order valence-corrected chi connectivity index (χ2v) is 40.0. The molecule has 2 heterocycles. The molecule has 730 valence electrons. The zero-order valence-corrected chi connectivity index (χ0v) is 76.6. The van der Waals surface area contributed by atoms with Crippen LogP contribution in [0.1, 0.15) is 72.1 Å². The fourth-order valence-electron chi connectivity index (χ4n) is 12.9. The number of rotatable bonds is 53. The lowest BCUT2D eigenvalue weighted by molar-refractivity contribution is -0.119. The number of nitrogens with two attached hydrogens (primary N) is 8. The molecule has 0 radical (unpaired) electrons. The number of aromatic nitrogens is 6. The van der Waals surface area contributed by atoms with Gasteiger partial charge >= 0.3 is 11.9 Å². The van der Waals surface area contributed by atoms with E-state index < -0.39 is 311 Å². The third-order valence-corrected chi connectivity index (χ3v) is 28.7. The molecular formula is C80H86N26O26S6-2. The Kier molecular flexibility index (Phi) is 33.8. The number of primary amides is 8. The maximum absolute atomic E-state index is 14.1. The minimum absolute atomic E-state index is 0.0467. The van der Waals surface area contributed by atoms with Crippen molar-refractivity contribution in [1.82, 2.24) is 47.1 Å².